The van der Waals surface area contributed by atoms with Gasteiger partial charge in [-0.05, 0) is 76.5 Å². The first kappa shape index (κ1) is 17.7. The fraction of sp³-hybridized carbons (Fsp3) is 0.800. The molecular weight excluding hydrogens is 272 g/mol. The summed E-state index contributed by atoms with van der Waals surface area (Å²) in [5.41, 5.74) is -0.661. The Hall–Kier alpha value is -0.600. The summed E-state index contributed by atoms with van der Waals surface area (Å²) in [6.45, 7) is 10.3. The number of allylic oxidation sites excluding steroid dienone is 4. The zero-order chi connectivity index (χ0) is 16.6. The number of rotatable bonds is 1. The molecule has 0 spiro atoms. The van der Waals surface area contributed by atoms with E-state index in [0.29, 0.717) is 12.3 Å². The Balaban J connectivity index is 2.39. The molecule has 0 amide bonds. The largest absolute Gasteiger partial charge is 0.387 e. The lowest BCUT2D eigenvalue weighted by Crippen LogP contribution is -2.54. The summed E-state index contributed by atoms with van der Waals surface area (Å²) in [5.74, 6) is 0.667. The van der Waals surface area contributed by atoms with Crippen molar-refractivity contribution in [2.75, 3.05) is 0 Å². The molecule has 1 saturated carbocycles. The molecule has 0 aromatic rings. The first-order valence-corrected chi connectivity index (χ1v) is 8.88. The van der Waals surface area contributed by atoms with Crippen molar-refractivity contribution in [1.82, 2.24) is 0 Å². The van der Waals surface area contributed by atoms with Gasteiger partial charge in [-0.3, -0.25) is 0 Å². The van der Waals surface area contributed by atoms with E-state index >= 15 is 0 Å². The van der Waals surface area contributed by atoms with Crippen LogP contribution in [-0.2, 0) is 0 Å². The lowest BCUT2D eigenvalue weighted by molar-refractivity contribution is -0.161. The van der Waals surface area contributed by atoms with Gasteiger partial charge in [0.25, 0.3) is 0 Å². The van der Waals surface area contributed by atoms with Gasteiger partial charge in [-0.15, -0.1) is 0 Å². The van der Waals surface area contributed by atoms with Crippen LogP contribution in [0, 0.1) is 17.3 Å². The topological polar surface area (TPSA) is 40.5 Å². The Morgan fingerprint density at radius 1 is 1.23 bits per heavy atom. The van der Waals surface area contributed by atoms with Gasteiger partial charge in [0.05, 0.1) is 11.2 Å². The van der Waals surface area contributed by atoms with Crippen LogP contribution in [0.15, 0.2) is 23.8 Å². The van der Waals surface area contributed by atoms with Crippen LogP contribution in [0.4, 0.5) is 0 Å². The predicted octanol–water partition coefficient (Wildman–Crippen LogP) is 4.62. The maximum Gasteiger partial charge on any atom is 0.0964 e. The van der Waals surface area contributed by atoms with E-state index in [2.05, 4.69) is 39.0 Å². The highest BCUT2D eigenvalue weighted by molar-refractivity contribution is 5.17. The maximum absolute atomic E-state index is 11.3. The summed E-state index contributed by atoms with van der Waals surface area (Å²) in [6.07, 6.45) is 12.9. The Morgan fingerprint density at radius 3 is 2.55 bits per heavy atom. The highest BCUT2D eigenvalue weighted by Gasteiger charge is 2.58. The van der Waals surface area contributed by atoms with Crippen LogP contribution in [0.2, 0.25) is 0 Å². The Bertz CT molecular complexity index is 457. The average molecular weight is 306 g/mol. The quantitative estimate of drug-likeness (QED) is 0.694. The van der Waals surface area contributed by atoms with Gasteiger partial charge in [0.15, 0.2) is 0 Å². The van der Waals surface area contributed by atoms with Gasteiger partial charge in [-0.1, -0.05) is 37.6 Å². The zero-order valence-corrected chi connectivity index (χ0v) is 15.0. The second-order valence-corrected chi connectivity index (χ2v) is 8.54. The molecule has 0 aliphatic heterocycles. The Morgan fingerprint density at radius 2 is 1.91 bits per heavy atom. The lowest BCUT2D eigenvalue weighted by atomic mass is 9.67. The molecule has 1 fully saturated rings. The van der Waals surface area contributed by atoms with Crippen molar-refractivity contribution in [3.63, 3.8) is 0 Å². The maximum atomic E-state index is 11.3. The lowest BCUT2D eigenvalue weighted by Gasteiger charge is -2.44. The van der Waals surface area contributed by atoms with Crippen molar-refractivity contribution in [1.29, 1.82) is 0 Å². The van der Waals surface area contributed by atoms with E-state index in [9.17, 15) is 10.2 Å². The van der Waals surface area contributed by atoms with Gasteiger partial charge < -0.3 is 10.2 Å². The van der Waals surface area contributed by atoms with Crippen LogP contribution < -0.4 is 0 Å². The van der Waals surface area contributed by atoms with Crippen molar-refractivity contribution in [2.24, 2.45) is 17.3 Å². The van der Waals surface area contributed by atoms with Crippen LogP contribution in [0.25, 0.3) is 0 Å². The minimum atomic E-state index is -1.06. The minimum Gasteiger partial charge on any atom is -0.387 e. The molecule has 2 aliphatic carbocycles. The molecule has 0 saturated heterocycles. The van der Waals surface area contributed by atoms with Gasteiger partial charge in [-0.2, -0.15) is 0 Å². The standard InChI is InChI=1S/C20H34O2/c1-15-7-6-8-16(2)11-12-19(5)13-14-20(22,18(3,4)21)17(19)10-9-15/h7,11-12,16-17,21-22H,6,8-10,13-14H2,1-5H3/b12-11+,15-7+/t16-,17-,19+,20+/m1/s1. The smallest absolute Gasteiger partial charge is 0.0964 e. The molecule has 2 nitrogen and oxygen atoms in total. The molecule has 0 radical (unpaired) electrons. The summed E-state index contributed by atoms with van der Waals surface area (Å²) in [7, 11) is 0. The number of hydrogen-bond acceptors (Lipinski definition) is 2. The fourth-order valence-corrected chi connectivity index (χ4v) is 4.40. The summed E-state index contributed by atoms with van der Waals surface area (Å²) < 4.78 is 0. The van der Waals surface area contributed by atoms with Gasteiger partial charge in [0.1, 0.15) is 0 Å². The molecule has 126 valence electrons. The highest BCUT2D eigenvalue weighted by Crippen LogP contribution is 2.56. The molecular formula is C20H34O2. The highest BCUT2D eigenvalue weighted by atomic mass is 16.4. The van der Waals surface area contributed by atoms with E-state index in [0.717, 1.165) is 25.7 Å². The van der Waals surface area contributed by atoms with Crippen LogP contribution >= 0.6 is 0 Å². The van der Waals surface area contributed by atoms with Crippen molar-refractivity contribution in [2.45, 2.75) is 84.3 Å². The SMILES string of the molecule is C/C1=C\CC[C@@H](C)/C=C/[C@@]2(C)CC[C@@](O)(C(C)(C)O)[C@@H]2CC1. The molecule has 0 bridgehead atoms. The second-order valence-electron chi connectivity index (χ2n) is 8.54. The molecule has 2 heteroatoms. The third kappa shape index (κ3) is 3.33. The third-order valence-electron chi connectivity index (χ3n) is 6.22. The normalized spacial score (nSPS) is 44.6. The molecule has 2 rings (SSSR count). The molecule has 0 heterocycles. The van der Waals surface area contributed by atoms with Crippen LogP contribution in [0.1, 0.15) is 73.1 Å². The Kier molecular flexibility index (Phi) is 4.94. The predicted molar refractivity (Wildman–Crippen MR) is 92.6 cm³/mol. The minimum absolute atomic E-state index is 0.0202. The van der Waals surface area contributed by atoms with E-state index in [4.69, 9.17) is 0 Å². The van der Waals surface area contributed by atoms with Crippen LogP contribution in [0.3, 0.4) is 0 Å². The molecule has 2 aliphatic rings. The zero-order valence-electron chi connectivity index (χ0n) is 15.0. The van der Waals surface area contributed by atoms with Gasteiger partial charge >= 0.3 is 0 Å². The van der Waals surface area contributed by atoms with Crippen molar-refractivity contribution >= 4 is 0 Å². The number of aliphatic hydroxyl groups is 2. The van der Waals surface area contributed by atoms with E-state index in [1.54, 1.807) is 13.8 Å². The first-order valence-electron chi connectivity index (χ1n) is 8.88. The summed E-state index contributed by atoms with van der Waals surface area (Å²) in [6, 6.07) is 0. The summed E-state index contributed by atoms with van der Waals surface area (Å²) in [4.78, 5) is 0. The van der Waals surface area contributed by atoms with E-state index < -0.39 is 11.2 Å². The molecule has 0 unspecified atom stereocenters. The van der Waals surface area contributed by atoms with Crippen LogP contribution in [0.5, 0.6) is 0 Å². The Labute approximate surface area is 136 Å². The number of fused-ring (bicyclic) bond motifs is 1. The second kappa shape index (κ2) is 6.13. The van der Waals surface area contributed by atoms with E-state index in [-0.39, 0.29) is 11.3 Å². The van der Waals surface area contributed by atoms with E-state index in [1.807, 2.05) is 0 Å². The monoisotopic (exact) mass is 306 g/mol. The average Bonchev–Trinajstić information content (AvgIpc) is 2.66. The van der Waals surface area contributed by atoms with E-state index in [1.165, 1.54) is 12.0 Å². The summed E-state index contributed by atoms with van der Waals surface area (Å²) >= 11 is 0. The van der Waals surface area contributed by atoms with Crippen molar-refractivity contribution in [3.05, 3.63) is 23.8 Å². The van der Waals surface area contributed by atoms with Crippen molar-refractivity contribution < 1.29 is 10.2 Å². The molecule has 0 aromatic carbocycles. The molecule has 2 N–H and O–H groups in total. The fourth-order valence-electron chi connectivity index (χ4n) is 4.40. The molecule has 4 atom stereocenters. The van der Waals surface area contributed by atoms with Crippen molar-refractivity contribution in [3.8, 4) is 0 Å². The summed E-state index contributed by atoms with van der Waals surface area (Å²) in [5, 5.41) is 21.9. The number of hydrogen-bond donors (Lipinski definition) is 2. The van der Waals surface area contributed by atoms with Crippen LogP contribution in [-0.4, -0.2) is 21.4 Å². The van der Waals surface area contributed by atoms with Gasteiger partial charge in [0, 0.05) is 0 Å². The third-order valence-corrected chi connectivity index (χ3v) is 6.22. The van der Waals surface area contributed by atoms with Gasteiger partial charge in [0.2, 0.25) is 0 Å². The molecule has 0 aromatic heterocycles. The van der Waals surface area contributed by atoms with Gasteiger partial charge in [-0.25, -0.2) is 0 Å². The molecule has 22 heavy (non-hydrogen) atoms. The first-order chi connectivity index (χ1) is 10.1.